The summed E-state index contributed by atoms with van der Waals surface area (Å²) in [7, 11) is 0. The molecule has 0 bridgehead atoms. The molecule has 1 N–H and O–H groups in total. The van der Waals surface area contributed by atoms with Gasteiger partial charge in [0.05, 0.1) is 0 Å². The van der Waals surface area contributed by atoms with E-state index < -0.39 is 0 Å². The summed E-state index contributed by atoms with van der Waals surface area (Å²) in [4.78, 5) is 0. The van der Waals surface area contributed by atoms with Crippen LogP contribution in [0.3, 0.4) is 0 Å². The van der Waals surface area contributed by atoms with E-state index in [1.807, 2.05) is 0 Å². The van der Waals surface area contributed by atoms with Gasteiger partial charge >= 0.3 is 0 Å². The van der Waals surface area contributed by atoms with Crippen LogP contribution in [0, 0.1) is 5.92 Å². The molecule has 0 radical (unpaired) electrons. The largest absolute Gasteiger partial charge is 0.307 e. The van der Waals surface area contributed by atoms with Crippen molar-refractivity contribution >= 4 is 0 Å². The van der Waals surface area contributed by atoms with E-state index in [9.17, 15) is 0 Å². The van der Waals surface area contributed by atoms with Gasteiger partial charge in [0.1, 0.15) is 0 Å². The van der Waals surface area contributed by atoms with Crippen LogP contribution in [0.15, 0.2) is 24.3 Å². The topological polar surface area (TPSA) is 12.0 Å². The van der Waals surface area contributed by atoms with Crippen LogP contribution in [0.4, 0.5) is 0 Å². The lowest BCUT2D eigenvalue weighted by Crippen LogP contribution is -2.38. The van der Waals surface area contributed by atoms with Gasteiger partial charge < -0.3 is 5.32 Å². The van der Waals surface area contributed by atoms with Gasteiger partial charge in [0, 0.05) is 12.1 Å². The second kappa shape index (κ2) is 7.98. The molecule has 0 aliphatic heterocycles. The lowest BCUT2D eigenvalue weighted by Gasteiger charge is -2.32. The van der Waals surface area contributed by atoms with Crippen molar-refractivity contribution in [1.82, 2.24) is 5.32 Å². The van der Waals surface area contributed by atoms with Crippen molar-refractivity contribution < 1.29 is 0 Å². The molecule has 0 spiro atoms. The number of benzene rings is 1. The van der Waals surface area contributed by atoms with E-state index in [1.54, 1.807) is 0 Å². The van der Waals surface area contributed by atoms with Crippen LogP contribution in [0.1, 0.15) is 89.3 Å². The molecule has 2 rings (SSSR count). The molecule has 1 saturated carbocycles. The molecule has 0 heterocycles. The first-order chi connectivity index (χ1) is 10.1. The molecule has 118 valence electrons. The Kier molecular flexibility index (Phi) is 6.29. The van der Waals surface area contributed by atoms with Gasteiger partial charge in [0.15, 0.2) is 0 Å². The fourth-order valence-corrected chi connectivity index (χ4v) is 3.71. The second-order valence-corrected chi connectivity index (χ2v) is 7.12. The van der Waals surface area contributed by atoms with Crippen molar-refractivity contribution in [3.05, 3.63) is 35.4 Å². The fraction of sp³-hybridized carbons (Fsp3) is 0.700. The lowest BCUT2D eigenvalue weighted by molar-refractivity contribution is 0.249. The monoisotopic (exact) mass is 287 g/mol. The molecule has 1 aliphatic rings. The molecule has 2 unspecified atom stereocenters. The number of hydrogen-bond donors (Lipinski definition) is 1. The third-order valence-corrected chi connectivity index (χ3v) is 5.23. The predicted molar refractivity (Wildman–Crippen MR) is 92.7 cm³/mol. The molecule has 1 aliphatic carbocycles. The first-order valence-corrected chi connectivity index (χ1v) is 8.97. The summed E-state index contributed by atoms with van der Waals surface area (Å²) in [6.07, 6.45) is 8.40. The van der Waals surface area contributed by atoms with Crippen molar-refractivity contribution in [2.45, 2.75) is 84.2 Å². The zero-order valence-electron chi connectivity index (χ0n) is 14.4. The maximum Gasteiger partial charge on any atom is 0.0294 e. The number of hydrogen-bond acceptors (Lipinski definition) is 1. The predicted octanol–water partition coefficient (Wildman–Crippen LogP) is 5.82. The van der Waals surface area contributed by atoms with Crippen LogP contribution in [0.25, 0.3) is 0 Å². The maximum absolute atomic E-state index is 3.90. The molecule has 1 aromatic rings. The van der Waals surface area contributed by atoms with Gasteiger partial charge in [-0.3, -0.25) is 0 Å². The van der Waals surface area contributed by atoms with Gasteiger partial charge in [-0.05, 0) is 49.1 Å². The highest BCUT2D eigenvalue weighted by molar-refractivity contribution is 5.26. The summed E-state index contributed by atoms with van der Waals surface area (Å²) in [5, 5.41) is 3.90. The van der Waals surface area contributed by atoms with Crippen LogP contribution in [-0.2, 0) is 0 Å². The zero-order chi connectivity index (χ0) is 15.2. The average Bonchev–Trinajstić information content (AvgIpc) is 2.53. The van der Waals surface area contributed by atoms with Crippen LogP contribution in [-0.4, -0.2) is 6.04 Å². The van der Waals surface area contributed by atoms with Gasteiger partial charge in [-0.1, -0.05) is 64.3 Å². The molecule has 2 atom stereocenters. The third kappa shape index (κ3) is 4.57. The molecule has 1 heteroatoms. The van der Waals surface area contributed by atoms with Crippen molar-refractivity contribution in [2.24, 2.45) is 5.92 Å². The first kappa shape index (κ1) is 16.5. The molecule has 1 aromatic carbocycles. The van der Waals surface area contributed by atoms with E-state index in [-0.39, 0.29) is 0 Å². The number of rotatable bonds is 6. The highest BCUT2D eigenvalue weighted by Gasteiger charge is 2.23. The van der Waals surface area contributed by atoms with Gasteiger partial charge in [-0.25, -0.2) is 0 Å². The number of nitrogens with one attached hydrogen (secondary N) is 1. The fourth-order valence-electron chi connectivity index (χ4n) is 3.71. The van der Waals surface area contributed by atoms with Crippen molar-refractivity contribution in [1.29, 1.82) is 0 Å². The quantitative estimate of drug-likeness (QED) is 0.695. The Morgan fingerprint density at radius 3 is 2.05 bits per heavy atom. The average molecular weight is 287 g/mol. The van der Waals surface area contributed by atoms with Crippen LogP contribution >= 0.6 is 0 Å². The van der Waals surface area contributed by atoms with E-state index >= 15 is 0 Å². The summed E-state index contributed by atoms with van der Waals surface area (Å²) < 4.78 is 0. The highest BCUT2D eigenvalue weighted by Crippen LogP contribution is 2.29. The smallest absolute Gasteiger partial charge is 0.0294 e. The maximum atomic E-state index is 3.90. The molecule has 1 fully saturated rings. The minimum absolute atomic E-state index is 0.457. The summed E-state index contributed by atoms with van der Waals surface area (Å²) in [5.74, 6) is 1.51. The van der Waals surface area contributed by atoms with Crippen LogP contribution < -0.4 is 5.32 Å². The molecule has 0 saturated heterocycles. The minimum atomic E-state index is 0.457. The molecular formula is C20H33N. The Balaban J connectivity index is 1.96. The third-order valence-electron chi connectivity index (χ3n) is 5.23. The first-order valence-electron chi connectivity index (χ1n) is 8.97. The van der Waals surface area contributed by atoms with E-state index in [1.165, 1.54) is 49.7 Å². The summed E-state index contributed by atoms with van der Waals surface area (Å²) in [6, 6.07) is 10.3. The van der Waals surface area contributed by atoms with Crippen molar-refractivity contribution in [3.8, 4) is 0 Å². The normalized spacial score (nSPS) is 19.7. The van der Waals surface area contributed by atoms with E-state index in [0.717, 1.165) is 5.92 Å². The molecule has 21 heavy (non-hydrogen) atoms. The Labute approximate surface area is 131 Å². The molecule has 0 aromatic heterocycles. The van der Waals surface area contributed by atoms with E-state index in [0.29, 0.717) is 18.0 Å². The van der Waals surface area contributed by atoms with Crippen LogP contribution in [0.5, 0.6) is 0 Å². The minimum Gasteiger partial charge on any atom is -0.307 e. The summed E-state index contributed by atoms with van der Waals surface area (Å²) >= 11 is 0. The van der Waals surface area contributed by atoms with Crippen molar-refractivity contribution in [2.75, 3.05) is 0 Å². The van der Waals surface area contributed by atoms with E-state index in [4.69, 9.17) is 0 Å². The Bertz CT molecular complexity index is 400. The molecule has 1 nitrogen and oxygen atoms in total. The zero-order valence-corrected chi connectivity index (χ0v) is 14.4. The summed E-state index contributed by atoms with van der Waals surface area (Å²) in [5.41, 5.74) is 2.86. The van der Waals surface area contributed by atoms with E-state index in [2.05, 4.69) is 57.3 Å². The highest BCUT2D eigenvalue weighted by atomic mass is 14.9. The van der Waals surface area contributed by atoms with Crippen molar-refractivity contribution in [3.63, 3.8) is 0 Å². The Morgan fingerprint density at radius 2 is 1.52 bits per heavy atom. The molecule has 0 amide bonds. The standard InChI is InChI=1S/C20H33N/c1-5-20(19-9-7-6-8-10-19)21-16(4)18-13-11-17(12-14-18)15(2)3/h11-16,19-21H,5-10H2,1-4H3. The van der Waals surface area contributed by atoms with Gasteiger partial charge in [-0.2, -0.15) is 0 Å². The Hall–Kier alpha value is -0.820. The van der Waals surface area contributed by atoms with Crippen LogP contribution in [0.2, 0.25) is 0 Å². The molecular weight excluding hydrogens is 254 g/mol. The van der Waals surface area contributed by atoms with Gasteiger partial charge in [-0.15, -0.1) is 0 Å². The lowest BCUT2D eigenvalue weighted by atomic mass is 9.82. The van der Waals surface area contributed by atoms with Gasteiger partial charge in [0.2, 0.25) is 0 Å². The summed E-state index contributed by atoms with van der Waals surface area (Å²) in [6.45, 7) is 9.16. The Morgan fingerprint density at radius 1 is 0.952 bits per heavy atom. The SMILES string of the molecule is CCC(NC(C)c1ccc(C(C)C)cc1)C1CCCCC1. The second-order valence-electron chi connectivity index (χ2n) is 7.12. The van der Waals surface area contributed by atoms with Gasteiger partial charge in [0.25, 0.3) is 0 Å².